The molecule has 0 spiro atoms. The average Bonchev–Trinajstić information content (AvgIpc) is 2.38. The summed E-state index contributed by atoms with van der Waals surface area (Å²) >= 11 is 0. The van der Waals surface area contributed by atoms with Crippen molar-refractivity contribution in [1.82, 2.24) is 0 Å². The molecule has 0 aromatic heterocycles. The average molecular weight is 245 g/mol. The minimum Gasteiger partial charge on any atom is -0.330 e. The van der Waals surface area contributed by atoms with Crippen LogP contribution in [0.5, 0.6) is 0 Å². The zero-order valence-electron chi connectivity index (χ0n) is 13.8. The lowest BCUT2D eigenvalue weighted by Crippen LogP contribution is -2.16. The van der Waals surface area contributed by atoms with E-state index in [2.05, 4.69) is 27.7 Å². The van der Waals surface area contributed by atoms with Gasteiger partial charge in [-0.15, -0.1) is 0 Å². The summed E-state index contributed by atoms with van der Waals surface area (Å²) in [7, 11) is 0. The third-order valence-electron chi connectivity index (χ3n) is 3.20. The molecule has 17 heavy (non-hydrogen) atoms. The maximum absolute atomic E-state index is 5.72. The monoisotopic (exact) mass is 245 g/mol. The molecular weight excluding hydrogens is 206 g/mol. The third kappa shape index (κ3) is 16.0. The van der Waals surface area contributed by atoms with Gasteiger partial charge in [0.25, 0.3) is 0 Å². The van der Waals surface area contributed by atoms with Crippen LogP contribution in [0.25, 0.3) is 0 Å². The third-order valence-corrected chi connectivity index (χ3v) is 3.20. The van der Waals surface area contributed by atoms with Crippen molar-refractivity contribution in [3.05, 3.63) is 0 Å². The van der Waals surface area contributed by atoms with E-state index in [9.17, 15) is 0 Å². The maximum atomic E-state index is 5.72. The van der Waals surface area contributed by atoms with Gasteiger partial charge in [-0.2, -0.15) is 0 Å². The Bertz CT molecular complexity index is 110. The normalized spacial score (nSPS) is 13.1. The summed E-state index contributed by atoms with van der Waals surface area (Å²) in [5.41, 5.74) is 5.72. The van der Waals surface area contributed by atoms with Crippen LogP contribution in [0, 0.1) is 17.8 Å². The molecule has 0 aromatic carbocycles. The fourth-order valence-corrected chi connectivity index (χ4v) is 1.62. The van der Waals surface area contributed by atoms with E-state index in [1.165, 1.54) is 25.7 Å². The van der Waals surface area contributed by atoms with Gasteiger partial charge in [0.2, 0.25) is 0 Å². The first-order chi connectivity index (χ1) is 8.11. The highest BCUT2D eigenvalue weighted by atomic mass is 14.5. The molecule has 2 atom stereocenters. The van der Waals surface area contributed by atoms with Crippen LogP contribution in [-0.4, -0.2) is 6.54 Å². The molecule has 0 aliphatic rings. The van der Waals surface area contributed by atoms with Crippen LogP contribution in [0.3, 0.4) is 0 Å². The van der Waals surface area contributed by atoms with Crippen LogP contribution < -0.4 is 5.73 Å². The van der Waals surface area contributed by atoms with Gasteiger partial charge in [0.1, 0.15) is 0 Å². The Morgan fingerprint density at radius 1 is 0.824 bits per heavy atom. The molecule has 0 rings (SSSR count). The molecule has 0 aliphatic carbocycles. The maximum Gasteiger partial charge on any atom is -0.00489 e. The number of hydrogen-bond acceptors (Lipinski definition) is 1. The first kappa shape index (κ1) is 22.2. The zero-order valence-corrected chi connectivity index (χ0v) is 13.8. The predicted octanol–water partition coefficient (Wildman–Crippen LogP) is 5.49. The van der Waals surface area contributed by atoms with Gasteiger partial charge in [-0.3, -0.25) is 0 Å². The molecule has 0 saturated carbocycles. The Kier molecular flexibility index (Phi) is 23.9. The number of nitrogens with two attached hydrogens (primary N) is 1. The van der Waals surface area contributed by atoms with E-state index in [0.29, 0.717) is 0 Å². The van der Waals surface area contributed by atoms with Crippen molar-refractivity contribution in [1.29, 1.82) is 0 Å². The summed E-state index contributed by atoms with van der Waals surface area (Å²) in [4.78, 5) is 0. The van der Waals surface area contributed by atoms with Gasteiger partial charge in [-0.25, -0.2) is 0 Å². The SMILES string of the molecule is CC.CC.CCCC(CN)CCC(C)C(C)C. The molecule has 2 N–H and O–H groups in total. The molecule has 0 bridgehead atoms. The minimum atomic E-state index is 0.770. The quantitative estimate of drug-likeness (QED) is 0.631. The lowest BCUT2D eigenvalue weighted by atomic mass is 9.88. The summed E-state index contributed by atoms with van der Waals surface area (Å²) in [6, 6.07) is 0. The summed E-state index contributed by atoms with van der Waals surface area (Å²) in [6.45, 7) is 18.1. The van der Waals surface area contributed by atoms with Crippen LogP contribution in [0.4, 0.5) is 0 Å². The summed E-state index contributed by atoms with van der Waals surface area (Å²) in [5, 5.41) is 0. The van der Waals surface area contributed by atoms with Crippen molar-refractivity contribution in [3.63, 3.8) is 0 Å². The first-order valence-corrected chi connectivity index (χ1v) is 7.81. The predicted molar refractivity (Wildman–Crippen MR) is 83.4 cm³/mol. The van der Waals surface area contributed by atoms with Crippen molar-refractivity contribution >= 4 is 0 Å². The van der Waals surface area contributed by atoms with Gasteiger partial charge in [0, 0.05) is 0 Å². The lowest BCUT2D eigenvalue weighted by Gasteiger charge is -2.19. The Morgan fingerprint density at radius 3 is 1.59 bits per heavy atom. The molecular formula is C16H39N. The summed E-state index contributed by atoms with van der Waals surface area (Å²) in [6.07, 6.45) is 5.25. The van der Waals surface area contributed by atoms with Crippen molar-refractivity contribution in [2.24, 2.45) is 23.5 Å². The van der Waals surface area contributed by atoms with Crippen LogP contribution in [0.2, 0.25) is 0 Å². The molecule has 2 unspecified atom stereocenters. The highest BCUT2D eigenvalue weighted by molar-refractivity contribution is 4.64. The molecule has 0 saturated heterocycles. The van der Waals surface area contributed by atoms with Crippen molar-refractivity contribution < 1.29 is 0 Å². The van der Waals surface area contributed by atoms with Gasteiger partial charge in [-0.1, -0.05) is 68.2 Å². The van der Waals surface area contributed by atoms with E-state index in [4.69, 9.17) is 5.73 Å². The van der Waals surface area contributed by atoms with Crippen LogP contribution in [-0.2, 0) is 0 Å². The van der Waals surface area contributed by atoms with E-state index < -0.39 is 0 Å². The van der Waals surface area contributed by atoms with E-state index in [-0.39, 0.29) is 0 Å². The van der Waals surface area contributed by atoms with Crippen LogP contribution in [0.15, 0.2) is 0 Å². The smallest absolute Gasteiger partial charge is 0.00489 e. The van der Waals surface area contributed by atoms with Gasteiger partial charge in [0.05, 0.1) is 0 Å². The van der Waals surface area contributed by atoms with E-state index >= 15 is 0 Å². The zero-order chi connectivity index (χ0) is 14.3. The molecule has 0 heterocycles. The molecule has 108 valence electrons. The lowest BCUT2D eigenvalue weighted by molar-refractivity contribution is 0.335. The summed E-state index contributed by atoms with van der Waals surface area (Å²) in [5.74, 6) is 2.44. The summed E-state index contributed by atoms with van der Waals surface area (Å²) < 4.78 is 0. The minimum absolute atomic E-state index is 0.770. The second kappa shape index (κ2) is 18.3. The van der Waals surface area contributed by atoms with Crippen molar-refractivity contribution in [2.75, 3.05) is 6.54 Å². The first-order valence-electron chi connectivity index (χ1n) is 7.81. The fourth-order valence-electron chi connectivity index (χ4n) is 1.62. The standard InChI is InChI=1S/C12H27N.2C2H6/c1-5-6-12(9-13)8-7-11(4)10(2)3;2*1-2/h10-12H,5-9,13H2,1-4H3;2*1-2H3. The molecule has 0 radical (unpaired) electrons. The highest BCUT2D eigenvalue weighted by Gasteiger charge is 2.10. The Morgan fingerprint density at radius 2 is 1.29 bits per heavy atom. The Balaban J connectivity index is -0.000000439. The highest BCUT2D eigenvalue weighted by Crippen LogP contribution is 2.21. The molecule has 1 nitrogen and oxygen atoms in total. The van der Waals surface area contributed by atoms with E-state index in [1.54, 1.807) is 0 Å². The number of rotatable bonds is 7. The molecule has 0 aromatic rings. The molecule has 1 heteroatoms. The van der Waals surface area contributed by atoms with Crippen molar-refractivity contribution in [2.45, 2.75) is 81.1 Å². The van der Waals surface area contributed by atoms with Crippen molar-refractivity contribution in [3.8, 4) is 0 Å². The van der Waals surface area contributed by atoms with Gasteiger partial charge < -0.3 is 5.73 Å². The van der Waals surface area contributed by atoms with Gasteiger partial charge in [-0.05, 0) is 37.1 Å². The second-order valence-electron chi connectivity index (χ2n) is 4.69. The molecule has 0 aliphatic heterocycles. The topological polar surface area (TPSA) is 26.0 Å². The fraction of sp³-hybridized carbons (Fsp3) is 1.00. The molecule has 0 amide bonds. The van der Waals surface area contributed by atoms with Gasteiger partial charge >= 0.3 is 0 Å². The largest absolute Gasteiger partial charge is 0.330 e. The van der Waals surface area contributed by atoms with E-state index in [0.717, 1.165) is 24.3 Å². The number of hydrogen-bond donors (Lipinski definition) is 1. The van der Waals surface area contributed by atoms with Gasteiger partial charge in [0.15, 0.2) is 0 Å². The van der Waals surface area contributed by atoms with Crippen LogP contribution >= 0.6 is 0 Å². The van der Waals surface area contributed by atoms with E-state index in [1.807, 2.05) is 27.7 Å². The second-order valence-corrected chi connectivity index (χ2v) is 4.69. The Labute approximate surface area is 112 Å². The molecule has 0 fully saturated rings. The van der Waals surface area contributed by atoms with Crippen LogP contribution in [0.1, 0.15) is 81.1 Å². The Hall–Kier alpha value is -0.0400.